The molecule has 0 spiro atoms. The summed E-state index contributed by atoms with van der Waals surface area (Å²) in [6, 6.07) is 5.75. The van der Waals surface area contributed by atoms with Crippen molar-refractivity contribution in [3.05, 3.63) is 51.7 Å². The predicted octanol–water partition coefficient (Wildman–Crippen LogP) is 2.51. The van der Waals surface area contributed by atoms with Crippen LogP contribution >= 0.6 is 11.8 Å². The number of H-pyrrole nitrogens is 1. The highest BCUT2D eigenvalue weighted by atomic mass is 32.2. The second kappa shape index (κ2) is 6.67. The highest BCUT2D eigenvalue weighted by Gasteiger charge is 2.06. The number of nitrogens with zero attached hydrogens (tertiary/aromatic N) is 1. The van der Waals surface area contributed by atoms with E-state index >= 15 is 0 Å². The third-order valence-electron chi connectivity index (χ3n) is 2.61. The zero-order chi connectivity index (χ0) is 14.5. The number of aliphatic hydroxyl groups excluding tert-OH is 1. The summed E-state index contributed by atoms with van der Waals surface area (Å²) in [6.07, 6.45) is 1.62. The quantitative estimate of drug-likeness (QED) is 0.832. The summed E-state index contributed by atoms with van der Waals surface area (Å²) in [5, 5.41) is 9.49. The molecule has 6 heteroatoms. The zero-order valence-electron chi connectivity index (χ0n) is 11.0. The van der Waals surface area contributed by atoms with Crippen LogP contribution in [0.5, 0.6) is 0 Å². The van der Waals surface area contributed by atoms with Crippen LogP contribution in [0.2, 0.25) is 0 Å². The van der Waals surface area contributed by atoms with Crippen molar-refractivity contribution in [2.45, 2.75) is 36.4 Å². The maximum Gasteiger partial charge on any atom is 0.251 e. The van der Waals surface area contributed by atoms with Gasteiger partial charge in [-0.25, -0.2) is 9.37 Å². The normalized spacial score (nSPS) is 10.8. The third-order valence-corrected chi connectivity index (χ3v) is 3.47. The first-order valence-corrected chi connectivity index (χ1v) is 7.10. The van der Waals surface area contributed by atoms with E-state index in [1.165, 1.54) is 30.0 Å². The molecule has 0 fully saturated rings. The second-order valence-electron chi connectivity index (χ2n) is 4.35. The molecule has 0 bridgehead atoms. The molecule has 0 saturated carbocycles. The van der Waals surface area contributed by atoms with Gasteiger partial charge in [-0.05, 0) is 30.2 Å². The predicted molar refractivity (Wildman–Crippen MR) is 75.3 cm³/mol. The maximum atomic E-state index is 13.4. The number of hydrogen-bond donors (Lipinski definition) is 2. The fourth-order valence-electron chi connectivity index (χ4n) is 1.80. The van der Waals surface area contributed by atoms with Gasteiger partial charge >= 0.3 is 0 Å². The molecule has 20 heavy (non-hydrogen) atoms. The molecule has 106 valence electrons. The first-order chi connectivity index (χ1) is 9.60. The minimum atomic E-state index is -0.425. The van der Waals surface area contributed by atoms with E-state index in [2.05, 4.69) is 9.97 Å². The Bertz CT molecular complexity index is 658. The molecule has 0 aliphatic carbocycles. The van der Waals surface area contributed by atoms with Gasteiger partial charge in [-0.3, -0.25) is 4.79 Å². The number of hydrogen-bond acceptors (Lipinski definition) is 4. The van der Waals surface area contributed by atoms with Gasteiger partial charge in [0.05, 0.1) is 6.61 Å². The van der Waals surface area contributed by atoms with Gasteiger partial charge in [-0.1, -0.05) is 25.1 Å². The molecule has 1 aromatic heterocycles. The largest absolute Gasteiger partial charge is 0.392 e. The Labute approximate surface area is 120 Å². The van der Waals surface area contributed by atoms with Crippen molar-refractivity contribution in [2.75, 3.05) is 0 Å². The van der Waals surface area contributed by atoms with E-state index in [-0.39, 0.29) is 12.2 Å². The van der Waals surface area contributed by atoms with Crippen LogP contribution in [-0.2, 0) is 13.0 Å². The summed E-state index contributed by atoms with van der Waals surface area (Å²) < 4.78 is 13.4. The number of aromatic amines is 1. The van der Waals surface area contributed by atoms with Crippen LogP contribution in [0, 0.1) is 5.82 Å². The Kier molecular flexibility index (Phi) is 4.92. The first-order valence-electron chi connectivity index (χ1n) is 6.29. The number of rotatable bonds is 5. The lowest BCUT2D eigenvalue weighted by atomic mass is 10.2. The molecule has 1 aromatic carbocycles. The average molecular weight is 294 g/mol. The fourth-order valence-corrected chi connectivity index (χ4v) is 2.72. The molecule has 0 aliphatic rings. The molecular weight excluding hydrogens is 279 g/mol. The van der Waals surface area contributed by atoms with Crippen molar-refractivity contribution >= 4 is 11.8 Å². The number of nitrogens with one attached hydrogen (secondary N) is 1. The Hall–Kier alpha value is -1.66. The number of halogens is 1. The number of aliphatic hydroxyl groups is 1. The van der Waals surface area contributed by atoms with E-state index in [9.17, 15) is 9.18 Å². The molecule has 0 radical (unpaired) electrons. The smallest absolute Gasteiger partial charge is 0.251 e. The van der Waals surface area contributed by atoms with Gasteiger partial charge in [0.1, 0.15) is 5.82 Å². The Morgan fingerprint density at radius 3 is 2.85 bits per heavy atom. The van der Waals surface area contributed by atoms with Crippen LogP contribution in [0.25, 0.3) is 0 Å². The number of aryl methyl sites for hydroxylation is 1. The van der Waals surface area contributed by atoms with Crippen molar-refractivity contribution in [3.63, 3.8) is 0 Å². The average Bonchev–Trinajstić information content (AvgIpc) is 2.37. The van der Waals surface area contributed by atoms with Crippen molar-refractivity contribution < 1.29 is 9.50 Å². The lowest BCUT2D eigenvalue weighted by Gasteiger charge is -2.05. The zero-order valence-corrected chi connectivity index (χ0v) is 11.8. The van der Waals surface area contributed by atoms with E-state index in [0.717, 1.165) is 18.5 Å². The van der Waals surface area contributed by atoms with Gasteiger partial charge in [0.25, 0.3) is 5.56 Å². The molecule has 0 saturated heterocycles. The molecule has 0 atom stereocenters. The SMILES string of the molecule is CCCc1cc(=O)[nH]c(Sc2cc(F)cc(CO)c2)n1. The standard InChI is InChI=1S/C14H15FN2O2S/c1-2-3-11-7-13(19)17-14(16-11)20-12-5-9(8-18)4-10(15)6-12/h4-7,18H,2-3,8H2,1H3,(H,16,17,19). The van der Waals surface area contributed by atoms with E-state index in [4.69, 9.17) is 5.11 Å². The van der Waals surface area contributed by atoms with Crippen LogP contribution in [-0.4, -0.2) is 15.1 Å². The maximum absolute atomic E-state index is 13.4. The summed E-state index contributed by atoms with van der Waals surface area (Å²) in [5.74, 6) is -0.425. The van der Waals surface area contributed by atoms with Gasteiger partial charge < -0.3 is 10.1 Å². The highest BCUT2D eigenvalue weighted by molar-refractivity contribution is 7.99. The van der Waals surface area contributed by atoms with Crippen LogP contribution in [0.1, 0.15) is 24.6 Å². The highest BCUT2D eigenvalue weighted by Crippen LogP contribution is 2.26. The van der Waals surface area contributed by atoms with Gasteiger partial charge in [0.15, 0.2) is 5.16 Å². The van der Waals surface area contributed by atoms with Crippen LogP contribution < -0.4 is 5.56 Å². The minimum absolute atomic E-state index is 0.218. The molecule has 4 nitrogen and oxygen atoms in total. The number of benzene rings is 1. The molecular formula is C14H15FN2O2S. The van der Waals surface area contributed by atoms with Crippen molar-refractivity contribution in [2.24, 2.45) is 0 Å². The van der Waals surface area contributed by atoms with E-state index in [1.54, 1.807) is 6.07 Å². The molecule has 0 unspecified atom stereocenters. The molecule has 0 amide bonds. The summed E-state index contributed by atoms with van der Waals surface area (Å²) in [6.45, 7) is 1.78. The summed E-state index contributed by atoms with van der Waals surface area (Å²) in [4.78, 5) is 19.1. The Balaban J connectivity index is 2.29. The van der Waals surface area contributed by atoms with E-state index < -0.39 is 5.82 Å². The van der Waals surface area contributed by atoms with Crippen LogP contribution in [0.4, 0.5) is 4.39 Å². The number of aromatic nitrogens is 2. The van der Waals surface area contributed by atoms with E-state index in [0.29, 0.717) is 15.6 Å². The molecule has 1 heterocycles. The minimum Gasteiger partial charge on any atom is -0.392 e. The van der Waals surface area contributed by atoms with Crippen LogP contribution in [0.15, 0.2) is 39.1 Å². The monoisotopic (exact) mass is 294 g/mol. The van der Waals surface area contributed by atoms with Crippen molar-refractivity contribution in [1.29, 1.82) is 0 Å². The summed E-state index contributed by atoms with van der Waals surface area (Å²) in [7, 11) is 0. The van der Waals surface area contributed by atoms with E-state index in [1.807, 2.05) is 6.92 Å². The van der Waals surface area contributed by atoms with Crippen molar-refractivity contribution in [3.8, 4) is 0 Å². The fraction of sp³-hybridized carbons (Fsp3) is 0.286. The Morgan fingerprint density at radius 2 is 2.15 bits per heavy atom. The molecule has 2 rings (SSSR count). The third kappa shape index (κ3) is 3.91. The second-order valence-corrected chi connectivity index (χ2v) is 5.41. The topological polar surface area (TPSA) is 66.0 Å². The first kappa shape index (κ1) is 14.7. The van der Waals surface area contributed by atoms with Gasteiger partial charge in [0.2, 0.25) is 0 Å². The van der Waals surface area contributed by atoms with Gasteiger partial charge in [0, 0.05) is 16.7 Å². The van der Waals surface area contributed by atoms with Crippen LogP contribution in [0.3, 0.4) is 0 Å². The lowest BCUT2D eigenvalue weighted by molar-refractivity contribution is 0.281. The summed E-state index contributed by atoms with van der Waals surface area (Å²) >= 11 is 1.17. The lowest BCUT2D eigenvalue weighted by Crippen LogP contribution is -2.09. The molecule has 2 aromatic rings. The van der Waals surface area contributed by atoms with Gasteiger partial charge in [-0.15, -0.1) is 0 Å². The molecule has 0 aliphatic heterocycles. The summed E-state index contributed by atoms with van der Waals surface area (Å²) in [5.41, 5.74) is 0.988. The Morgan fingerprint density at radius 1 is 1.35 bits per heavy atom. The van der Waals surface area contributed by atoms with Gasteiger partial charge in [-0.2, -0.15) is 0 Å². The van der Waals surface area contributed by atoms with Crippen molar-refractivity contribution in [1.82, 2.24) is 9.97 Å². The molecule has 2 N–H and O–H groups in total.